The fourth-order valence-corrected chi connectivity index (χ4v) is 2.31. The lowest BCUT2D eigenvalue weighted by atomic mass is 10.1. The third kappa shape index (κ3) is 4.48. The van der Waals surface area contributed by atoms with Gasteiger partial charge >= 0.3 is 23.9 Å². The van der Waals surface area contributed by atoms with Crippen LogP contribution >= 0.6 is 0 Å². The molecule has 0 aromatic heterocycles. The molecule has 0 radical (unpaired) electrons. The Hall–Kier alpha value is -4.88. The van der Waals surface area contributed by atoms with Gasteiger partial charge in [-0.2, -0.15) is 0 Å². The smallest absolute Gasteiger partial charge is 0.349 e. The van der Waals surface area contributed by atoms with E-state index in [1.807, 2.05) is 0 Å². The van der Waals surface area contributed by atoms with Crippen molar-refractivity contribution in [1.82, 2.24) is 0 Å². The average Bonchev–Trinajstić information content (AvgIpc) is 2.72. The van der Waals surface area contributed by atoms with Gasteiger partial charge in [0, 0.05) is 0 Å². The first kappa shape index (κ1) is 23.4. The summed E-state index contributed by atoms with van der Waals surface area (Å²) >= 11 is 0. The summed E-state index contributed by atoms with van der Waals surface area (Å²) in [6.45, 7) is 0. The number of ether oxygens (including phenoxy) is 2. The molecule has 0 aliphatic carbocycles. The Morgan fingerprint density at radius 2 is 0.875 bits per heavy atom. The van der Waals surface area contributed by atoms with Crippen molar-refractivity contribution in [3.63, 3.8) is 0 Å². The minimum Gasteiger partial charge on any atom is -0.504 e. The fraction of sp³-hybridized carbons (Fsp3) is 0.111. The van der Waals surface area contributed by atoms with Crippen LogP contribution in [-0.4, -0.2) is 76.9 Å². The van der Waals surface area contributed by atoms with Gasteiger partial charge in [-0.05, 0) is 24.3 Å². The number of phenolic OH excluding ortho intramolecular Hbond substituents is 6. The third-order valence-electron chi connectivity index (χ3n) is 3.93. The van der Waals surface area contributed by atoms with Crippen LogP contribution < -0.4 is 0 Å². The summed E-state index contributed by atoms with van der Waals surface area (Å²) in [5.41, 5.74) is -1.72. The molecule has 14 nitrogen and oxygen atoms in total. The molecule has 32 heavy (non-hydrogen) atoms. The molecule has 170 valence electrons. The summed E-state index contributed by atoms with van der Waals surface area (Å²) in [6.07, 6.45) is -5.38. The molecule has 0 heterocycles. The van der Waals surface area contributed by atoms with E-state index in [-0.39, 0.29) is 0 Å². The highest BCUT2D eigenvalue weighted by atomic mass is 16.6. The highest BCUT2D eigenvalue weighted by molar-refractivity contribution is 5.98. The standard InChI is InChI=1S/C18H14O14/c19-7-3-1-5(9(21)11(7)23)17(29)31-13(15(25)26)14(16(27)28)32-18(30)6-2-4-8(20)12(24)10(6)22/h1-4,13-14,19-24H,(H,25,26)(H,27,28). The molecule has 2 unspecified atom stereocenters. The molecule has 2 aromatic carbocycles. The second kappa shape index (κ2) is 8.86. The molecule has 0 aliphatic heterocycles. The van der Waals surface area contributed by atoms with E-state index in [2.05, 4.69) is 9.47 Å². The average molecular weight is 454 g/mol. The van der Waals surface area contributed by atoms with Gasteiger partial charge in [0.2, 0.25) is 23.7 Å². The SMILES string of the molecule is O=C(OC(C(=O)O)C(OC(=O)c1ccc(O)c(O)c1O)C(=O)O)c1ccc(O)c(O)c1O. The third-order valence-corrected chi connectivity index (χ3v) is 3.93. The number of benzene rings is 2. The molecule has 2 aromatic rings. The lowest BCUT2D eigenvalue weighted by molar-refractivity contribution is -0.166. The van der Waals surface area contributed by atoms with Crippen molar-refractivity contribution in [2.45, 2.75) is 12.2 Å². The normalized spacial score (nSPS) is 12.4. The Labute approximate surface area is 176 Å². The first-order valence-corrected chi connectivity index (χ1v) is 8.22. The quantitative estimate of drug-likeness (QED) is 0.200. The summed E-state index contributed by atoms with van der Waals surface area (Å²) in [6, 6.07) is 2.95. The Morgan fingerprint density at radius 3 is 1.16 bits per heavy atom. The highest BCUT2D eigenvalue weighted by Crippen LogP contribution is 2.38. The molecule has 14 heteroatoms. The number of hydrogen-bond donors (Lipinski definition) is 8. The molecule has 0 aliphatic rings. The van der Waals surface area contributed by atoms with Gasteiger partial charge in [-0.1, -0.05) is 0 Å². The van der Waals surface area contributed by atoms with Crippen LogP contribution in [0.3, 0.4) is 0 Å². The molecular weight excluding hydrogens is 440 g/mol. The van der Waals surface area contributed by atoms with E-state index in [1.54, 1.807) is 0 Å². The number of rotatable bonds is 7. The fourth-order valence-electron chi connectivity index (χ4n) is 2.31. The van der Waals surface area contributed by atoms with Crippen molar-refractivity contribution in [2.75, 3.05) is 0 Å². The van der Waals surface area contributed by atoms with Crippen LogP contribution in [0.25, 0.3) is 0 Å². The lowest BCUT2D eigenvalue weighted by Gasteiger charge is -2.21. The van der Waals surface area contributed by atoms with Gasteiger partial charge in [0.25, 0.3) is 0 Å². The minimum atomic E-state index is -2.69. The molecule has 0 amide bonds. The summed E-state index contributed by atoms with van der Waals surface area (Å²) in [5.74, 6) is -13.9. The Bertz CT molecular complexity index is 1020. The maximum Gasteiger partial charge on any atom is 0.349 e. The molecule has 0 saturated heterocycles. The molecule has 2 rings (SSSR count). The molecule has 0 fully saturated rings. The van der Waals surface area contributed by atoms with Gasteiger partial charge < -0.3 is 50.3 Å². The lowest BCUT2D eigenvalue weighted by Crippen LogP contribution is -2.45. The molecule has 2 atom stereocenters. The number of aliphatic carboxylic acids is 2. The predicted molar refractivity (Wildman–Crippen MR) is 96.6 cm³/mol. The van der Waals surface area contributed by atoms with Crippen LogP contribution in [0.2, 0.25) is 0 Å². The van der Waals surface area contributed by atoms with E-state index in [9.17, 15) is 60.0 Å². The summed E-state index contributed by atoms with van der Waals surface area (Å²) in [7, 11) is 0. The molecule has 0 spiro atoms. The number of aromatic hydroxyl groups is 6. The van der Waals surface area contributed by atoms with E-state index in [0.29, 0.717) is 0 Å². The second-order valence-electron chi connectivity index (χ2n) is 5.99. The first-order valence-electron chi connectivity index (χ1n) is 8.22. The number of carbonyl (C=O) groups excluding carboxylic acids is 2. The van der Waals surface area contributed by atoms with E-state index < -0.39 is 81.7 Å². The van der Waals surface area contributed by atoms with Gasteiger partial charge in [-0.25, -0.2) is 19.2 Å². The van der Waals surface area contributed by atoms with Gasteiger partial charge in [-0.15, -0.1) is 0 Å². The number of phenols is 6. The van der Waals surface area contributed by atoms with Crippen LogP contribution in [0.5, 0.6) is 34.5 Å². The minimum absolute atomic E-state index is 0.727. The number of hydrogen-bond acceptors (Lipinski definition) is 12. The van der Waals surface area contributed by atoms with Crippen molar-refractivity contribution in [2.24, 2.45) is 0 Å². The monoisotopic (exact) mass is 454 g/mol. The maximum absolute atomic E-state index is 12.2. The van der Waals surface area contributed by atoms with E-state index in [4.69, 9.17) is 0 Å². The largest absolute Gasteiger partial charge is 0.504 e. The number of esters is 2. The van der Waals surface area contributed by atoms with Crippen molar-refractivity contribution >= 4 is 23.9 Å². The molecule has 8 N–H and O–H groups in total. The Kier molecular flexibility index (Phi) is 6.48. The zero-order valence-electron chi connectivity index (χ0n) is 15.5. The number of carboxylic acids is 2. The highest BCUT2D eigenvalue weighted by Gasteiger charge is 2.42. The molecular formula is C18H14O14. The van der Waals surface area contributed by atoms with Crippen molar-refractivity contribution in [3.8, 4) is 34.5 Å². The van der Waals surface area contributed by atoms with Gasteiger partial charge in [0.15, 0.2) is 23.0 Å². The van der Waals surface area contributed by atoms with Crippen molar-refractivity contribution in [1.29, 1.82) is 0 Å². The summed E-state index contributed by atoms with van der Waals surface area (Å²) in [5, 5.41) is 75.3. The number of carbonyl (C=O) groups is 4. The second-order valence-corrected chi connectivity index (χ2v) is 5.99. The van der Waals surface area contributed by atoms with Crippen LogP contribution in [0.4, 0.5) is 0 Å². The zero-order valence-corrected chi connectivity index (χ0v) is 15.5. The summed E-state index contributed by atoms with van der Waals surface area (Å²) < 4.78 is 9.01. The number of carboxylic acid groups (broad SMARTS) is 2. The van der Waals surface area contributed by atoms with Gasteiger partial charge in [-0.3, -0.25) is 0 Å². The van der Waals surface area contributed by atoms with Crippen molar-refractivity contribution in [3.05, 3.63) is 35.4 Å². The van der Waals surface area contributed by atoms with E-state index in [1.165, 1.54) is 0 Å². The topological polar surface area (TPSA) is 249 Å². The summed E-state index contributed by atoms with van der Waals surface area (Å²) in [4.78, 5) is 47.4. The zero-order chi connectivity index (χ0) is 24.3. The van der Waals surface area contributed by atoms with Crippen LogP contribution in [0.15, 0.2) is 24.3 Å². The van der Waals surface area contributed by atoms with Gasteiger partial charge in [0.05, 0.1) is 0 Å². The van der Waals surface area contributed by atoms with E-state index in [0.717, 1.165) is 24.3 Å². The maximum atomic E-state index is 12.2. The predicted octanol–water partition coefficient (Wildman–Crippen LogP) is -0.160. The first-order chi connectivity index (χ1) is 14.9. The van der Waals surface area contributed by atoms with Crippen LogP contribution in [0.1, 0.15) is 20.7 Å². The Morgan fingerprint density at radius 1 is 0.562 bits per heavy atom. The Balaban J connectivity index is 2.35. The molecule has 0 bridgehead atoms. The van der Waals surface area contributed by atoms with Gasteiger partial charge in [0.1, 0.15) is 11.1 Å². The van der Waals surface area contributed by atoms with Crippen molar-refractivity contribution < 1.29 is 69.5 Å². The van der Waals surface area contributed by atoms with Crippen LogP contribution in [0, 0.1) is 0 Å². The van der Waals surface area contributed by atoms with Crippen LogP contribution in [-0.2, 0) is 19.1 Å². The molecule has 0 saturated carbocycles. The van der Waals surface area contributed by atoms with E-state index >= 15 is 0 Å².